The predicted molar refractivity (Wildman–Crippen MR) is 111 cm³/mol. The van der Waals surface area contributed by atoms with E-state index in [4.69, 9.17) is 11.6 Å². The van der Waals surface area contributed by atoms with Gasteiger partial charge in [0, 0.05) is 17.3 Å². The molecule has 3 aromatic rings. The molecule has 0 radical (unpaired) electrons. The minimum absolute atomic E-state index is 0.0625. The molecule has 1 heterocycles. The third kappa shape index (κ3) is 4.23. The van der Waals surface area contributed by atoms with Gasteiger partial charge in [-0.1, -0.05) is 43.6 Å². The molecule has 0 saturated carbocycles. The van der Waals surface area contributed by atoms with E-state index in [1.54, 1.807) is 31.2 Å². The second-order valence-electron chi connectivity index (χ2n) is 6.67. The Labute approximate surface area is 168 Å². The van der Waals surface area contributed by atoms with Crippen LogP contribution in [0.4, 0.5) is 11.4 Å². The molecule has 2 amide bonds. The average molecular weight is 397 g/mol. The van der Waals surface area contributed by atoms with Gasteiger partial charge in [-0.05, 0) is 43.3 Å². The number of carbonyl (C=O) groups is 2. The first-order chi connectivity index (χ1) is 13.4. The zero-order valence-electron chi connectivity index (χ0n) is 15.9. The Balaban J connectivity index is 1.77. The minimum atomic E-state index is -0.344. The van der Waals surface area contributed by atoms with Crippen LogP contribution in [0.1, 0.15) is 29.9 Å². The maximum absolute atomic E-state index is 12.7. The number of hydrogen-bond donors (Lipinski definition) is 2. The molecule has 0 fully saturated rings. The Morgan fingerprint density at radius 1 is 0.964 bits per heavy atom. The van der Waals surface area contributed by atoms with E-state index in [2.05, 4.69) is 15.7 Å². The molecule has 6 nitrogen and oxygen atoms in total. The van der Waals surface area contributed by atoms with Crippen LogP contribution in [0.2, 0.25) is 5.15 Å². The van der Waals surface area contributed by atoms with E-state index in [1.807, 2.05) is 44.2 Å². The van der Waals surface area contributed by atoms with Crippen LogP contribution >= 0.6 is 11.6 Å². The summed E-state index contributed by atoms with van der Waals surface area (Å²) in [7, 11) is 0. The van der Waals surface area contributed by atoms with Gasteiger partial charge >= 0.3 is 0 Å². The summed E-state index contributed by atoms with van der Waals surface area (Å²) in [5.74, 6) is -0.512. The van der Waals surface area contributed by atoms with Gasteiger partial charge in [0.2, 0.25) is 5.91 Å². The van der Waals surface area contributed by atoms with E-state index >= 15 is 0 Å². The molecule has 2 aromatic carbocycles. The maximum atomic E-state index is 12.7. The lowest BCUT2D eigenvalue weighted by Gasteiger charge is -2.09. The quantitative estimate of drug-likeness (QED) is 0.657. The highest BCUT2D eigenvalue weighted by Gasteiger charge is 2.21. The summed E-state index contributed by atoms with van der Waals surface area (Å²) >= 11 is 6.43. The number of anilines is 2. The molecule has 1 aromatic heterocycles. The van der Waals surface area contributed by atoms with Crippen molar-refractivity contribution < 1.29 is 9.59 Å². The first-order valence-electron chi connectivity index (χ1n) is 8.89. The Bertz CT molecular complexity index is 995. The number of para-hydroxylation sites is 1. The Kier molecular flexibility index (Phi) is 5.80. The third-order valence-corrected chi connectivity index (χ3v) is 4.52. The standard InChI is InChI=1S/C21H21ClN4O2/c1-13(2)20(27)23-15-9-11-16(12-10-15)24-21(28)18-14(3)25-26(19(18)22)17-7-5-4-6-8-17/h4-13H,1-3H3,(H,23,27)(H,24,28). The first kappa shape index (κ1) is 19.6. The second kappa shape index (κ2) is 8.27. The summed E-state index contributed by atoms with van der Waals surface area (Å²) in [5, 5.41) is 10.3. The highest BCUT2D eigenvalue weighted by atomic mass is 35.5. The Morgan fingerprint density at radius 2 is 1.54 bits per heavy atom. The van der Waals surface area contributed by atoms with Gasteiger partial charge in [-0.2, -0.15) is 5.10 Å². The van der Waals surface area contributed by atoms with E-state index < -0.39 is 0 Å². The molecule has 0 spiro atoms. The van der Waals surface area contributed by atoms with Crippen LogP contribution in [0.5, 0.6) is 0 Å². The lowest BCUT2D eigenvalue weighted by atomic mass is 10.2. The van der Waals surface area contributed by atoms with Gasteiger partial charge in [-0.3, -0.25) is 9.59 Å². The van der Waals surface area contributed by atoms with Gasteiger partial charge in [0.15, 0.2) is 0 Å². The molecule has 0 unspecified atom stereocenters. The number of amides is 2. The zero-order valence-corrected chi connectivity index (χ0v) is 16.6. The van der Waals surface area contributed by atoms with Crippen LogP contribution in [0.3, 0.4) is 0 Å². The average Bonchev–Trinajstić information content (AvgIpc) is 2.98. The van der Waals surface area contributed by atoms with Gasteiger partial charge in [0.25, 0.3) is 5.91 Å². The Morgan fingerprint density at radius 3 is 2.11 bits per heavy atom. The van der Waals surface area contributed by atoms with Crippen LogP contribution < -0.4 is 10.6 Å². The summed E-state index contributed by atoms with van der Waals surface area (Å²) in [4.78, 5) is 24.5. The van der Waals surface area contributed by atoms with Crippen LogP contribution in [0.15, 0.2) is 54.6 Å². The first-order valence-corrected chi connectivity index (χ1v) is 9.27. The molecule has 28 heavy (non-hydrogen) atoms. The van der Waals surface area contributed by atoms with Crippen molar-refractivity contribution in [3.63, 3.8) is 0 Å². The minimum Gasteiger partial charge on any atom is -0.326 e. The predicted octanol–water partition coefficient (Wildman–Crippen LogP) is 4.68. The SMILES string of the molecule is Cc1nn(-c2ccccc2)c(Cl)c1C(=O)Nc1ccc(NC(=O)C(C)C)cc1. The number of nitrogens with one attached hydrogen (secondary N) is 2. The van der Waals surface area contributed by atoms with Crippen molar-refractivity contribution in [3.8, 4) is 5.69 Å². The van der Waals surface area contributed by atoms with E-state index in [9.17, 15) is 9.59 Å². The summed E-state index contributed by atoms with van der Waals surface area (Å²) < 4.78 is 1.54. The van der Waals surface area contributed by atoms with Gasteiger partial charge in [0.1, 0.15) is 10.7 Å². The van der Waals surface area contributed by atoms with Crippen LogP contribution in [0.25, 0.3) is 5.69 Å². The molecular formula is C21H21ClN4O2. The van der Waals surface area contributed by atoms with Crippen LogP contribution in [0, 0.1) is 12.8 Å². The van der Waals surface area contributed by atoms with Crippen molar-refractivity contribution >= 4 is 34.8 Å². The highest BCUT2D eigenvalue weighted by Crippen LogP contribution is 2.25. The monoisotopic (exact) mass is 396 g/mol. The number of nitrogens with zero attached hydrogens (tertiary/aromatic N) is 2. The lowest BCUT2D eigenvalue weighted by Crippen LogP contribution is -2.17. The largest absolute Gasteiger partial charge is 0.326 e. The van der Waals surface area contributed by atoms with Crippen molar-refractivity contribution in [2.75, 3.05) is 10.6 Å². The highest BCUT2D eigenvalue weighted by molar-refractivity contribution is 6.34. The summed E-state index contributed by atoms with van der Waals surface area (Å²) in [6, 6.07) is 16.3. The van der Waals surface area contributed by atoms with Crippen molar-refractivity contribution in [1.29, 1.82) is 0 Å². The molecule has 0 aliphatic carbocycles. The van der Waals surface area contributed by atoms with Gasteiger partial charge in [-0.25, -0.2) is 4.68 Å². The van der Waals surface area contributed by atoms with Crippen molar-refractivity contribution in [2.45, 2.75) is 20.8 Å². The summed E-state index contributed by atoms with van der Waals surface area (Å²) in [6.07, 6.45) is 0. The molecule has 0 bridgehead atoms. The smallest absolute Gasteiger partial charge is 0.260 e. The fourth-order valence-corrected chi connectivity index (χ4v) is 2.97. The number of aryl methyl sites for hydroxylation is 1. The van der Waals surface area contributed by atoms with Crippen molar-refractivity contribution in [2.24, 2.45) is 5.92 Å². The maximum Gasteiger partial charge on any atom is 0.260 e. The molecule has 144 valence electrons. The zero-order chi connectivity index (χ0) is 20.3. The summed E-state index contributed by atoms with van der Waals surface area (Å²) in [6.45, 7) is 5.39. The number of halogens is 1. The topological polar surface area (TPSA) is 76.0 Å². The van der Waals surface area contributed by atoms with Gasteiger partial charge < -0.3 is 10.6 Å². The molecule has 0 aliphatic heterocycles. The van der Waals surface area contributed by atoms with Crippen LogP contribution in [-0.4, -0.2) is 21.6 Å². The molecule has 0 aliphatic rings. The normalized spacial score (nSPS) is 10.8. The van der Waals surface area contributed by atoms with E-state index in [0.29, 0.717) is 22.6 Å². The van der Waals surface area contributed by atoms with Crippen molar-refractivity contribution in [1.82, 2.24) is 9.78 Å². The summed E-state index contributed by atoms with van der Waals surface area (Å²) in [5.41, 5.74) is 2.90. The molecule has 0 atom stereocenters. The van der Waals surface area contributed by atoms with E-state index in [0.717, 1.165) is 5.69 Å². The van der Waals surface area contributed by atoms with Crippen molar-refractivity contribution in [3.05, 3.63) is 71.0 Å². The number of hydrogen-bond acceptors (Lipinski definition) is 3. The van der Waals surface area contributed by atoms with E-state index in [-0.39, 0.29) is 22.9 Å². The molecule has 3 rings (SSSR count). The third-order valence-electron chi connectivity index (χ3n) is 4.17. The number of aromatic nitrogens is 2. The number of carbonyl (C=O) groups excluding carboxylic acids is 2. The molecule has 2 N–H and O–H groups in total. The molecule has 7 heteroatoms. The lowest BCUT2D eigenvalue weighted by molar-refractivity contribution is -0.118. The molecule has 0 saturated heterocycles. The van der Waals surface area contributed by atoms with Gasteiger partial charge in [0.05, 0.1) is 11.4 Å². The van der Waals surface area contributed by atoms with Crippen LogP contribution in [-0.2, 0) is 4.79 Å². The van der Waals surface area contributed by atoms with E-state index in [1.165, 1.54) is 4.68 Å². The fraction of sp³-hybridized carbons (Fsp3) is 0.190. The fourth-order valence-electron chi connectivity index (χ4n) is 2.61. The number of benzene rings is 2. The Hall–Kier alpha value is -3.12. The number of rotatable bonds is 5. The molecular weight excluding hydrogens is 376 g/mol. The second-order valence-corrected chi connectivity index (χ2v) is 7.03. The van der Waals surface area contributed by atoms with Gasteiger partial charge in [-0.15, -0.1) is 0 Å².